The van der Waals surface area contributed by atoms with Crippen LogP contribution in [0.15, 0.2) is 30.1 Å². The van der Waals surface area contributed by atoms with Gasteiger partial charge in [0.1, 0.15) is 6.17 Å². The summed E-state index contributed by atoms with van der Waals surface area (Å²) in [5, 5.41) is 0. The van der Waals surface area contributed by atoms with Crippen LogP contribution >= 0.6 is 0 Å². The van der Waals surface area contributed by atoms with E-state index < -0.39 is 0 Å². The summed E-state index contributed by atoms with van der Waals surface area (Å²) in [5.74, 6) is 0. The Morgan fingerprint density at radius 1 is 1.29 bits per heavy atom. The van der Waals surface area contributed by atoms with E-state index in [1.165, 1.54) is 11.4 Å². The van der Waals surface area contributed by atoms with Crippen LogP contribution in [0, 0.1) is 13.5 Å². The van der Waals surface area contributed by atoms with Gasteiger partial charge in [-0.3, -0.25) is 0 Å². The average Bonchev–Trinajstić information content (AvgIpc) is 2.57. The molecule has 2 rings (SSSR count). The van der Waals surface area contributed by atoms with Crippen molar-refractivity contribution in [2.75, 3.05) is 11.9 Å². The molecule has 0 saturated carbocycles. The van der Waals surface area contributed by atoms with Gasteiger partial charge in [-0.25, -0.2) is 4.85 Å². The molecule has 0 bridgehead atoms. The maximum absolute atomic E-state index is 7.02. The Hall–Kier alpha value is -1.95. The second-order valence-electron chi connectivity index (χ2n) is 4.50. The Morgan fingerprint density at radius 3 is 2.47 bits per heavy atom. The van der Waals surface area contributed by atoms with Crippen LogP contribution in [-0.4, -0.2) is 18.1 Å². The smallest absolute Gasteiger partial charge is 0.187 e. The third-order valence-corrected chi connectivity index (χ3v) is 3.43. The van der Waals surface area contributed by atoms with Gasteiger partial charge in [-0.1, -0.05) is 12.1 Å². The number of aryl methyl sites for hydroxylation is 1. The molecule has 0 fully saturated rings. The minimum atomic E-state index is 0.326. The van der Waals surface area contributed by atoms with Gasteiger partial charge in [0.15, 0.2) is 5.69 Å². The van der Waals surface area contributed by atoms with Crippen molar-refractivity contribution in [3.05, 3.63) is 47.1 Å². The third-order valence-electron chi connectivity index (χ3n) is 3.43. The summed E-state index contributed by atoms with van der Waals surface area (Å²) in [6.45, 7) is 13.4. The maximum atomic E-state index is 7.02. The van der Waals surface area contributed by atoms with Crippen molar-refractivity contribution in [3.63, 3.8) is 0 Å². The highest BCUT2D eigenvalue weighted by molar-refractivity contribution is 5.63. The molecule has 1 aliphatic rings. The van der Waals surface area contributed by atoms with Gasteiger partial charge in [-0.05, 0) is 32.4 Å². The highest BCUT2D eigenvalue weighted by atomic mass is 15.4. The molecule has 88 valence electrons. The zero-order valence-corrected chi connectivity index (χ0v) is 10.7. The van der Waals surface area contributed by atoms with E-state index in [2.05, 4.69) is 48.7 Å². The largest absolute Gasteiger partial charge is 0.357 e. The first-order valence-corrected chi connectivity index (χ1v) is 5.72. The molecule has 3 nitrogen and oxygen atoms in total. The van der Waals surface area contributed by atoms with E-state index in [1.54, 1.807) is 0 Å². The molecule has 1 unspecified atom stereocenters. The molecular weight excluding hydrogens is 210 g/mol. The van der Waals surface area contributed by atoms with Crippen LogP contribution in [0.25, 0.3) is 4.85 Å². The molecule has 1 aromatic carbocycles. The number of benzene rings is 1. The van der Waals surface area contributed by atoms with Gasteiger partial charge in [-0.15, -0.1) is 0 Å². The van der Waals surface area contributed by atoms with Crippen molar-refractivity contribution >= 4 is 11.4 Å². The highest BCUT2D eigenvalue weighted by Gasteiger charge is 2.24. The SMILES string of the molecule is [C-]#[N+]c1ccc(N2C=C(C)N(C)C2C)c(C)c1. The molecule has 0 radical (unpaired) electrons. The molecule has 1 aromatic rings. The Kier molecular flexibility index (Phi) is 2.81. The molecule has 0 spiro atoms. The van der Waals surface area contributed by atoms with Crippen LogP contribution in [0.4, 0.5) is 11.4 Å². The molecule has 17 heavy (non-hydrogen) atoms. The molecule has 0 N–H and O–H groups in total. The first-order chi connectivity index (χ1) is 8.04. The van der Waals surface area contributed by atoms with E-state index in [1.807, 2.05) is 18.2 Å². The molecule has 3 heteroatoms. The first kappa shape index (κ1) is 11.5. The predicted octanol–water partition coefficient (Wildman–Crippen LogP) is 3.50. The molecule has 0 amide bonds. The standard InChI is InChI=1S/C14H17N3/c1-10-8-13(15-4)6-7-14(10)17-9-11(2)16(5)12(17)3/h6-9,12H,1-3,5H3. The Bertz CT molecular complexity index is 511. The van der Waals surface area contributed by atoms with Gasteiger partial charge in [0.25, 0.3) is 0 Å². The van der Waals surface area contributed by atoms with Crippen LogP contribution in [0.1, 0.15) is 19.4 Å². The molecule has 0 aromatic heterocycles. The second kappa shape index (κ2) is 4.14. The molecule has 1 heterocycles. The van der Waals surface area contributed by atoms with Gasteiger partial charge in [-0.2, -0.15) is 0 Å². The average molecular weight is 227 g/mol. The van der Waals surface area contributed by atoms with Crippen molar-refractivity contribution in [1.29, 1.82) is 0 Å². The van der Waals surface area contributed by atoms with E-state index in [-0.39, 0.29) is 0 Å². The lowest BCUT2D eigenvalue weighted by Gasteiger charge is -2.29. The van der Waals surface area contributed by atoms with Gasteiger partial charge in [0.05, 0.1) is 6.57 Å². The van der Waals surface area contributed by atoms with E-state index in [0.717, 1.165) is 5.56 Å². The lowest BCUT2D eigenvalue weighted by Crippen LogP contribution is -2.34. The molecule has 0 aliphatic carbocycles. The summed E-state index contributed by atoms with van der Waals surface area (Å²) in [6.07, 6.45) is 2.48. The first-order valence-electron chi connectivity index (χ1n) is 5.72. The number of hydrogen-bond donors (Lipinski definition) is 0. The molecule has 0 saturated heterocycles. The predicted molar refractivity (Wildman–Crippen MR) is 70.9 cm³/mol. The summed E-state index contributed by atoms with van der Waals surface area (Å²) in [7, 11) is 2.10. The van der Waals surface area contributed by atoms with Crippen LogP contribution in [0.3, 0.4) is 0 Å². The summed E-state index contributed by atoms with van der Waals surface area (Å²) in [4.78, 5) is 7.94. The van der Waals surface area contributed by atoms with Crippen molar-refractivity contribution in [1.82, 2.24) is 4.90 Å². The lowest BCUT2D eigenvalue weighted by molar-refractivity contribution is 0.357. The summed E-state index contributed by atoms with van der Waals surface area (Å²) >= 11 is 0. The zero-order chi connectivity index (χ0) is 12.6. The number of nitrogens with zero attached hydrogens (tertiary/aromatic N) is 3. The highest BCUT2D eigenvalue weighted by Crippen LogP contribution is 2.31. The molecule has 1 atom stereocenters. The Labute approximate surface area is 103 Å². The number of rotatable bonds is 1. The Balaban J connectivity index is 2.40. The van der Waals surface area contributed by atoms with Crippen molar-refractivity contribution in [2.24, 2.45) is 0 Å². The third kappa shape index (κ3) is 1.87. The lowest BCUT2D eigenvalue weighted by atomic mass is 10.1. The van der Waals surface area contributed by atoms with Crippen molar-refractivity contribution in [2.45, 2.75) is 26.9 Å². The maximum Gasteiger partial charge on any atom is 0.187 e. The van der Waals surface area contributed by atoms with Crippen LogP contribution in [-0.2, 0) is 0 Å². The van der Waals surface area contributed by atoms with Gasteiger partial charge in [0, 0.05) is 24.6 Å². The monoisotopic (exact) mass is 227 g/mol. The second-order valence-corrected chi connectivity index (χ2v) is 4.50. The fraction of sp³-hybridized carbons (Fsp3) is 0.357. The van der Waals surface area contributed by atoms with Crippen molar-refractivity contribution < 1.29 is 0 Å². The van der Waals surface area contributed by atoms with Crippen molar-refractivity contribution in [3.8, 4) is 0 Å². The summed E-state index contributed by atoms with van der Waals surface area (Å²) < 4.78 is 0. The fourth-order valence-electron chi connectivity index (χ4n) is 2.15. The molecular formula is C14H17N3. The number of allylic oxidation sites excluding steroid dienone is 1. The Morgan fingerprint density at radius 2 is 2.00 bits per heavy atom. The zero-order valence-electron chi connectivity index (χ0n) is 10.7. The van der Waals surface area contributed by atoms with E-state index >= 15 is 0 Å². The van der Waals surface area contributed by atoms with Gasteiger partial charge in [0.2, 0.25) is 0 Å². The fourth-order valence-corrected chi connectivity index (χ4v) is 2.15. The quantitative estimate of drug-likeness (QED) is 0.680. The van der Waals surface area contributed by atoms with E-state index in [0.29, 0.717) is 11.9 Å². The van der Waals surface area contributed by atoms with E-state index in [4.69, 9.17) is 6.57 Å². The molecule has 1 aliphatic heterocycles. The van der Waals surface area contributed by atoms with Crippen LogP contribution in [0.2, 0.25) is 0 Å². The van der Waals surface area contributed by atoms with Gasteiger partial charge < -0.3 is 9.80 Å². The van der Waals surface area contributed by atoms with Gasteiger partial charge >= 0.3 is 0 Å². The van der Waals surface area contributed by atoms with E-state index in [9.17, 15) is 0 Å². The normalized spacial score (nSPS) is 19.2. The topological polar surface area (TPSA) is 10.8 Å². The van der Waals surface area contributed by atoms with Crippen LogP contribution < -0.4 is 4.90 Å². The summed E-state index contributed by atoms with van der Waals surface area (Å²) in [5.41, 5.74) is 4.27. The minimum absolute atomic E-state index is 0.326. The number of anilines is 1. The number of hydrogen-bond acceptors (Lipinski definition) is 2. The van der Waals surface area contributed by atoms with Crippen LogP contribution in [0.5, 0.6) is 0 Å². The minimum Gasteiger partial charge on any atom is -0.357 e. The summed E-state index contributed by atoms with van der Waals surface area (Å²) in [6, 6.07) is 5.85.